The van der Waals surface area contributed by atoms with E-state index in [1.165, 1.54) is 7.11 Å². The fourth-order valence-corrected chi connectivity index (χ4v) is 1.87. The number of rotatable bonds is 6. The van der Waals surface area contributed by atoms with E-state index < -0.39 is 0 Å². The van der Waals surface area contributed by atoms with Gasteiger partial charge in [-0.3, -0.25) is 4.79 Å². The van der Waals surface area contributed by atoms with Gasteiger partial charge in [-0.25, -0.2) is 0 Å². The molecule has 0 heterocycles. The van der Waals surface area contributed by atoms with Crippen LogP contribution in [0.15, 0.2) is 24.3 Å². The number of nitrogens with two attached hydrogens (primary N) is 1. The fraction of sp³-hybridized carbons (Fsp3) is 0.500. The monoisotopic (exact) mass is 251 g/mol. The lowest BCUT2D eigenvalue weighted by Crippen LogP contribution is -2.19. The quantitative estimate of drug-likeness (QED) is 0.785. The second-order valence-electron chi connectivity index (χ2n) is 4.45. The molecule has 0 aliphatic rings. The molecule has 1 rings (SSSR count). The maximum absolute atomic E-state index is 11.7. The van der Waals surface area contributed by atoms with Crippen molar-refractivity contribution in [3.8, 4) is 5.75 Å². The fourth-order valence-electron chi connectivity index (χ4n) is 1.87. The Bertz CT molecular complexity index is 373. The zero-order chi connectivity index (χ0) is 13.5. The van der Waals surface area contributed by atoms with Crippen LogP contribution in [0.2, 0.25) is 0 Å². The summed E-state index contributed by atoms with van der Waals surface area (Å²) in [4.78, 5) is 11.7. The zero-order valence-corrected chi connectivity index (χ0v) is 11.2. The highest BCUT2D eigenvalue weighted by Crippen LogP contribution is 2.27. The van der Waals surface area contributed by atoms with Crippen LogP contribution in [0.25, 0.3) is 0 Å². The van der Waals surface area contributed by atoms with Crippen LogP contribution < -0.4 is 10.5 Å². The van der Waals surface area contributed by atoms with Crippen molar-refractivity contribution in [1.29, 1.82) is 0 Å². The molecule has 0 amide bonds. The SMILES string of the molecule is COC(=O)C(c1ccc(OCCN)cc1)C(C)C. The second-order valence-corrected chi connectivity index (χ2v) is 4.45. The molecule has 4 nitrogen and oxygen atoms in total. The second kappa shape index (κ2) is 7.01. The molecule has 1 atom stereocenters. The van der Waals surface area contributed by atoms with Crippen molar-refractivity contribution in [2.75, 3.05) is 20.3 Å². The molecule has 0 bridgehead atoms. The van der Waals surface area contributed by atoms with Gasteiger partial charge in [-0.1, -0.05) is 26.0 Å². The van der Waals surface area contributed by atoms with E-state index in [4.69, 9.17) is 15.2 Å². The van der Waals surface area contributed by atoms with E-state index in [9.17, 15) is 4.79 Å². The molecule has 0 spiro atoms. The lowest BCUT2D eigenvalue weighted by atomic mass is 9.88. The molecule has 18 heavy (non-hydrogen) atoms. The van der Waals surface area contributed by atoms with Crippen molar-refractivity contribution >= 4 is 5.97 Å². The summed E-state index contributed by atoms with van der Waals surface area (Å²) < 4.78 is 10.2. The van der Waals surface area contributed by atoms with Crippen LogP contribution in [0.3, 0.4) is 0 Å². The summed E-state index contributed by atoms with van der Waals surface area (Å²) in [5.41, 5.74) is 6.31. The van der Waals surface area contributed by atoms with Crippen molar-refractivity contribution in [2.24, 2.45) is 11.7 Å². The highest BCUT2D eigenvalue weighted by Gasteiger charge is 2.24. The summed E-state index contributed by atoms with van der Waals surface area (Å²) in [5.74, 6) is 0.504. The largest absolute Gasteiger partial charge is 0.492 e. The number of hydrogen-bond donors (Lipinski definition) is 1. The molecule has 1 aromatic rings. The number of carbonyl (C=O) groups is 1. The summed E-state index contributed by atoms with van der Waals surface area (Å²) in [7, 11) is 1.41. The summed E-state index contributed by atoms with van der Waals surface area (Å²) in [6.07, 6.45) is 0. The average molecular weight is 251 g/mol. The Morgan fingerprint density at radius 2 is 1.89 bits per heavy atom. The van der Waals surface area contributed by atoms with E-state index in [1.54, 1.807) is 0 Å². The van der Waals surface area contributed by atoms with Gasteiger partial charge in [0.25, 0.3) is 0 Å². The van der Waals surface area contributed by atoms with Gasteiger partial charge in [0.15, 0.2) is 0 Å². The van der Waals surface area contributed by atoms with Gasteiger partial charge < -0.3 is 15.2 Å². The minimum Gasteiger partial charge on any atom is -0.492 e. The van der Waals surface area contributed by atoms with Gasteiger partial charge >= 0.3 is 5.97 Å². The topological polar surface area (TPSA) is 61.5 Å². The minimum absolute atomic E-state index is 0.188. The summed E-state index contributed by atoms with van der Waals surface area (Å²) in [6, 6.07) is 7.49. The molecule has 0 aliphatic heterocycles. The van der Waals surface area contributed by atoms with E-state index in [1.807, 2.05) is 38.1 Å². The van der Waals surface area contributed by atoms with Gasteiger partial charge in [0.1, 0.15) is 12.4 Å². The number of benzene rings is 1. The third-order valence-corrected chi connectivity index (χ3v) is 2.75. The smallest absolute Gasteiger partial charge is 0.313 e. The Morgan fingerprint density at radius 3 is 2.33 bits per heavy atom. The molecular formula is C14H21NO3. The maximum Gasteiger partial charge on any atom is 0.313 e. The van der Waals surface area contributed by atoms with Crippen LogP contribution in [0.5, 0.6) is 5.75 Å². The molecule has 0 radical (unpaired) electrons. The van der Waals surface area contributed by atoms with Gasteiger partial charge in [0.2, 0.25) is 0 Å². The van der Waals surface area contributed by atoms with Crippen LogP contribution in [0.1, 0.15) is 25.3 Å². The third-order valence-electron chi connectivity index (χ3n) is 2.75. The van der Waals surface area contributed by atoms with E-state index >= 15 is 0 Å². The number of hydrogen-bond acceptors (Lipinski definition) is 4. The van der Waals surface area contributed by atoms with E-state index in [2.05, 4.69) is 0 Å². The van der Waals surface area contributed by atoms with Crippen LogP contribution >= 0.6 is 0 Å². The molecule has 100 valence electrons. The molecule has 0 aromatic heterocycles. The Labute approximate surface area is 108 Å². The summed E-state index contributed by atoms with van der Waals surface area (Å²) >= 11 is 0. The lowest BCUT2D eigenvalue weighted by molar-refractivity contribution is -0.143. The normalized spacial score (nSPS) is 12.3. The summed E-state index contributed by atoms with van der Waals surface area (Å²) in [6.45, 7) is 4.98. The van der Waals surface area contributed by atoms with E-state index in [0.29, 0.717) is 13.2 Å². The van der Waals surface area contributed by atoms with Crippen molar-refractivity contribution in [3.63, 3.8) is 0 Å². The minimum atomic E-state index is -0.237. The van der Waals surface area contributed by atoms with Crippen LogP contribution in [-0.4, -0.2) is 26.2 Å². The Hall–Kier alpha value is -1.55. The molecule has 0 fully saturated rings. The van der Waals surface area contributed by atoms with Crippen LogP contribution in [-0.2, 0) is 9.53 Å². The van der Waals surface area contributed by atoms with Gasteiger partial charge in [-0.15, -0.1) is 0 Å². The highest BCUT2D eigenvalue weighted by atomic mass is 16.5. The van der Waals surface area contributed by atoms with E-state index in [0.717, 1.165) is 11.3 Å². The number of esters is 1. The molecule has 0 aliphatic carbocycles. The Balaban J connectivity index is 2.84. The van der Waals surface area contributed by atoms with Gasteiger partial charge in [0.05, 0.1) is 13.0 Å². The Kier molecular flexibility index (Phi) is 5.65. The molecule has 2 N–H and O–H groups in total. The van der Waals surface area contributed by atoms with Crippen molar-refractivity contribution in [3.05, 3.63) is 29.8 Å². The molecule has 0 saturated heterocycles. The molecule has 0 saturated carbocycles. The summed E-state index contributed by atoms with van der Waals surface area (Å²) in [5, 5.41) is 0. The molecule has 1 unspecified atom stereocenters. The predicted octanol–water partition coefficient (Wildman–Crippen LogP) is 1.94. The van der Waals surface area contributed by atoms with Crippen molar-refractivity contribution in [1.82, 2.24) is 0 Å². The van der Waals surface area contributed by atoms with Crippen LogP contribution in [0.4, 0.5) is 0 Å². The van der Waals surface area contributed by atoms with Gasteiger partial charge in [-0.05, 0) is 23.6 Å². The lowest BCUT2D eigenvalue weighted by Gasteiger charge is -2.19. The predicted molar refractivity (Wildman–Crippen MR) is 70.6 cm³/mol. The average Bonchev–Trinajstić information content (AvgIpc) is 2.37. The molecular weight excluding hydrogens is 230 g/mol. The number of carbonyl (C=O) groups excluding carboxylic acids is 1. The first-order chi connectivity index (χ1) is 8.60. The third kappa shape index (κ3) is 3.74. The first kappa shape index (κ1) is 14.5. The van der Waals surface area contributed by atoms with Gasteiger partial charge in [0, 0.05) is 6.54 Å². The number of ether oxygens (including phenoxy) is 2. The first-order valence-corrected chi connectivity index (χ1v) is 6.10. The highest BCUT2D eigenvalue weighted by molar-refractivity contribution is 5.78. The van der Waals surface area contributed by atoms with Crippen LogP contribution in [0, 0.1) is 5.92 Å². The molecule has 4 heteroatoms. The first-order valence-electron chi connectivity index (χ1n) is 6.10. The van der Waals surface area contributed by atoms with Gasteiger partial charge in [-0.2, -0.15) is 0 Å². The van der Waals surface area contributed by atoms with E-state index in [-0.39, 0.29) is 17.8 Å². The number of methoxy groups -OCH3 is 1. The molecule has 1 aromatic carbocycles. The maximum atomic E-state index is 11.7. The van der Waals surface area contributed by atoms with Crippen molar-refractivity contribution < 1.29 is 14.3 Å². The zero-order valence-electron chi connectivity index (χ0n) is 11.2. The van der Waals surface area contributed by atoms with Crippen molar-refractivity contribution in [2.45, 2.75) is 19.8 Å². The Morgan fingerprint density at radius 1 is 1.28 bits per heavy atom. The standard InChI is InChI=1S/C14H21NO3/c1-10(2)13(14(16)17-3)11-4-6-12(7-5-11)18-9-8-15/h4-7,10,13H,8-9,15H2,1-3H3.